The summed E-state index contributed by atoms with van der Waals surface area (Å²) in [6.45, 7) is 4.03. The van der Waals surface area contributed by atoms with Crippen LogP contribution in [0.5, 0.6) is 0 Å². The van der Waals surface area contributed by atoms with Crippen molar-refractivity contribution in [3.05, 3.63) is 18.5 Å². The van der Waals surface area contributed by atoms with Crippen molar-refractivity contribution in [3.8, 4) is 0 Å². The monoisotopic (exact) mass is 181 g/mol. The van der Waals surface area contributed by atoms with Crippen molar-refractivity contribution in [2.45, 2.75) is 13.3 Å². The van der Waals surface area contributed by atoms with Gasteiger partial charge in [0.2, 0.25) is 0 Å². The van der Waals surface area contributed by atoms with Crippen LogP contribution in [0.15, 0.2) is 18.5 Å². The maximum atomic E-state index is 5.55. The van der Waals surface area contributed by atoms with Gasteiger partial charge in [-0.3, -0.25) is 0 Å². The molecule has 3 N–H and O–H groups in total. The molecule has 1 aromatic heterocycles. The van der Waals surface area contributed by atoms with Crippen LogP contribution in [0.25, 0.3) is 0 Å². The van der Waals surface area contributed by atoms with Gasteiger partial charge in [0.05, 0.1) is 5.69 Å². The largest absolute Gasteiger partial charge is 0.373 e. The molecule has 1 aromatic rings. The highest BCUT2D eigenvalue weighted by Gasteiger charge is 2.03. The third-order valence-corrected chi connectivity index (χ3v) is 2.38. The maximum Gasteiger partial charge on any atom is 0.0541 e. The van der Waals surface area contributed by atoms with Crippen LogP contribution in [0.1, 0.15) is 13.3 Å². The number of nitrogens with one attached hydrogen (secondary N) is 1. The van der Waals surface area contributed by atoms with Gasteiger partial charge in [0, 0.05) is 26.0 Å². The molecular weight excluding hydrogens is 162 g/mol. The molecule has 74 valence electrons. The molecule has 1 atom stereocenters. The SMILES string of the molecule is CC(CN)CCN(C)c1cc[nH]c1. The van der Waals surface area contributed by atoms with Crippen LogP contribution in [0.2, 0.25) is 0 Å². The number of hydrogen-bond donors (Lipinski definition) is 2. The van der Waals surface area contributed by atoms with Gasteiger partial charge < -0.3 is 15.6 Å². The topological polar surface area (TPSA) is 45.0 Å². The average molecular weight is 181 g/mol. The van der Waals surface area contributed by atoms with E-state index < -0.39 is 0 Å². The van der Waals surface area contributed by atoms with Crippen molar-refractivity contribution >= 4 is 5.69 Å². The summed E-state index contributed by atoms with van der Waals surface area (Å²) in [6, 6.07) is 2.08. The minimum absolute atomic E-state index is 0.612. The number of rotatable bonds is 5. The number of nitrogens with two attached hydrogens (primary N) is 1. The lowest BCUT2D eigenvalue weighted by Gasteiger charge is -2.19. The Kier molecular flexibility index (Phi) is 3.83. The minimum Gasteiger partial charge on any atom is -0.373 e. The summed E-state index contributed by atoms with van der Waals surface area (Å²) in [6.07, 6.45) is 5.10. The second kappa shape index (κ2) is 4.92. The van der Waals surface area contributed by atoms with Gasteiger partial charge in [-0.05, 0) is 24.9 Å². The first-order valence-electron chi connectivity index (χ1n) is 4.78. The second-order valence-corrected chi connectivity index (χ2v) is 3.62. The van der Waals surface area contributed by atoms with Gasteiger partial charge in [-0.1, -0.05) is 6.92 Å². The zero-order valence-electron chi connectivity index (χ0n) is 8.46. The number of anilines is 1. The Morgan fingerprint density at radius 2 is 2.38 bits per heavy atom. The Balaban J connectivity index is 2.30. The van der Waals surface area contributed by atoms with Crippen LogP contribution < -0.4 is 10.6 Å². The number of hydrogen-bond acceptors (Lipinski definition) is 2. The van der Waals surface area contributed by atoms with E-state index in [-0.39, 0.29) is 0 Å². The van der Waals surface area contributed by atoms with E-state index in [9.17, 15) is 0 Å². The lowest BCUT2D eigenvalue weighted by Crippen LogP contribution is -2.22. The molecule has 0 aliphatic rings. The number of aromatic amines is 1. The van der Waals surface area contributed by atoms with Gasteiger partial charge in [0.15, 0.2) is 0 Å². The first-order valence-corrected chi connectivity index (χ1v) is 4.78. The van der Waals surface area contributed by atoms with Crippen molar-refractivity contribution in [2.24, 2.45) is 11.7 Å². The Labute approximate surface area is 79.9 Å². The zero-order valence-corrected chi connectivity index (χ0v) is 8.46. The first-order chi connectivity index (χ1) is 6.24. The lowest BCUT2D eigenvalue weighted by molar-refractivity contribution is 0.545. The second-order valence-electron chi connectivity index (χ2n) is 3.62. The van der Waals surface area contributed by atoms with Crippen molar-refractivity contribution in [1.29, 1.82) is 0 Å². The van der Waals surface area contributed by atoms with Gasteiger partial charge >= 0.3 is 0 Å². The van der Waals surface area contributed by atoms with Crippen LogP contribution in [-0.2, 0) is 0 Å². The van der Waals surface area contributed by atoms with E-state index >= 15 is 0 Å². The summed E-state index contributed by atoms with van der Waals surface area (Å²) in [4.78, 5) is 5.28. The summed E-state index contributed by atoms with van der Waals surface area (Å²) in [5.74, 6) is 0.612. The third kappa shape index (κ3) is 3.11. The molecule has 3 heteroatoms. The van der Waals surface area contributed by atoms with E-state index in [2.05, 4.69) is 29.9 Å². The standard InChI is InChI=1S/C10H19N3/c1-9(7-11)4-6-13(2)10-3-5-12-8-10/h3,5,8-9,12H,4,6-7,11H2,1-2H3. The quantitative estimate of drug-likeness (QED) is 0.722. The molecule has 0 saturated carbocycles. The van der Waals surface area contributed by atoms with Gasteiger partial charge in [-0.15, -0.1) is 0 Å². The highest BCUT2D eigenvalue weighted by molar-refractivity contribution is 5.42. The summed E-state index contributed by atoms with van der Waals surface area (Å²) >= 11 is 0. The number of nitrogens with zero attached hydrogens (tertiary/aromatic N) is 1. The molecule has 0 saturated heterocycles. The number of H-pyrrole nitrogens is 1. The molecule has 1 rings (SSSR count). The molecule has 0 amide bonds. The van der Waals surface area contributed by atoms with Crippen LogP contribution in [0.4, 0.5) is 5.69 Å². The molecule has 0 aliphatic carbocycles. The fourth-order valence-corrected chi connectivity index (χ4v) is 1.21. The van der Waals surface area contributed by atoms with Crippen LogP contribution in [0.3, 0.4) is 0 Å². The van der Waals surface area contributed by atoms with Gasteiger partial charge in [-0.25, -0.2) is 0 Å². The molecule has 0 radical (unpaired) electrons. The van der Waals surface area contributed by atoms with Crippen molar-refractivity contribution in [2.75, 3.05) is 25.0 Å². The molecule has 3 nitrogen and oxygen atoms in total. The molecular formula is C10H19N3. The fraction of sp³-hybridized carbons (Fsp3) is 0.600. The molecule has 0 aliphatic heterocycles. The van der Waals surface area contributed by atoms with Crippen molar-refractivity contribution in [1.82, 2.24) is 4.98 Å². The fourth-order valence-electron chi connectivity index (χ4n) is 1.21. The van der Waals surface area contributed by atoms with E-state index in [1.165, 1.54) is 5.69 Å². The van der Waals surface area contributed by atoms with E-state index in [1.807, 2.05) is 12.4 Å². The molecule has 1 heterocycles. The highest BCUT2D eigenvalue weighted by atomic mass is 15.1. The van der Waals surface area contributed by atoms with E-state index in [1.54, 1.807) is 0 Å². The smallest absolute Gasteiger partial charge is 0.0541 e. The lowest BCUT2D eigenvalue weighted by atomic mass is 10.1. The first kappa shape index (κ1) is 10.1. The molecule has 0 spiro atoms. The predicted octanol–water partition coefficient (Wildman–Crippen LogP) is 1.44. The van der Waals surface area contributed by atoms with Gasteiger partial charge in [0.1, 0.15) is 0 Å². The minimum atomic E-state index is 0.612. The highest BCUT2D eigenvalue weighted by Crippen LogP contribution is 2.11. The summed E-state index contributed by atoms with van der Waals surface area (Å²) in [5.41, 5.74) is 6.79. The Bertz CT molecular complexity index is 218. The summed E-state index contributed by atoms with van der Waals surface area (Å²) < 4.78 is 0. The zero-order chi connectivity index (χ0) is 9.68. The predicted molar refractivity (Wildman–Crippen MR) is 56.9 cm³/mol. The summed E-state index contributed by atoms with van der Waals surface area (Å²) in [5, 5.41) is 0. The molecule has 1 unspecified atom stereocenters. The van der Waals surface area contributed by atoms with Crippen LogP contribution in [-0.4, -0.2) is 25.1 Å². The Morgan fingerprint density at radius 1 is 1.62 bits per heavy atom. The van der Waals surface area contributed by atoms with Gasteiger partial charge in [0.25, 0.3) is 0 Å². The normalized spacial score (nSPS) is 12.8. The molecule has 0 aromatic carbocycles. The van der Waals surface area contributed by atoms with Gasteiger partial charge in [-0.2, -0.15) is 0 Å². The molecule has 0 bridgehead atoms. The number of aromatic nitrogens is 1. The van der Waals surface area contributed by atoms with Crippen LogP contribution in [0, 0.1) is 5.92 Å². The van der Waals surface area contributed by atoms with Crippen LogP contribution >= 0.6 is 0 Å². The van der Waals surface area contributed by atoms with Crippen molar-refractivity contribution < 1.29 is 0 Å². The van der Waals surface area contributed by atoms with E-state index in [4.69, 9.17) is 5.73 Å². The summed E-state index contributed by atoms with van der Waals surface area (Å²) in [7, 11) is 2.10. The van der Waals surface area contributed by atoms with Crippen molar-refractivity contribution in [3.63, 3.8) is 0 Å². The third-order valence-electron chi connectivity index (χ3n) is 2.38. The van der Waals surface area contributed by atoms with E-state index in [0.29, 0.717) is 5.92 Å². The Hall–Kier alpha value is -0.960. The Morgan fingerprint density at radius 3 is 2.92 bits per heavy atom. The molecule has 0 fully saturated rings. The molecule has 13 heavy (non-hydrogen) atoms. The maximum absolute atomic E-state index is 5.55. The van der Waals surface area contributed by atoms with E-state index in [0.717, 1.165) is 19.5 Å². The average Bonchev–Trinajstić information content (AvgIpc) is 2.66.